The number of hydrogen-bond donors (Lipinski definition) is 0. The largest absolute Gasteiger partial charge is 0.496 e. The van der Waals surface area contributed by atoms with Gasteiger partial charge >= 0.3 is 0 Å². The average Bonchev–Trinajstić information content (AvgIpc) is 2.95. The predicted octanol–water partition coefficient (Wildman–Crippen LogP) is 6.18. The fourth-order valence-corrected chi connectivity index (χ4v) is 4.85. The van der Waals surface area contributed by atoms with Crippen LogP contribution in [0.5, 0.6) is 5.75 Å². The van der Waals surface area contributed by atoms with E-state index in [2.05, 4.69) is 31.8 Å². The first-order chi connectivity index (χ1) is 12.3. The maximum Gasteiger partial charge on any atom is 0.134 e. The normalized spacial score (nSPS) is 17.2. The molecular formula is C21H23ClN2OS. The van der Waals surface area contributed by atoms with Crippen LogP contribution in [0.15, 0.2) is 23.2 Å². The Bertz CT molecular complexity index is 887. The molecule has 0 aliphatic heterocycles. The third-order valence-electron chi connectivity index (χ3n) is 5.10. The molecule has 0 amide bonds. The Morgan fingerprint density at radius 3 is 2.81 bits per heavy atom. The van der Waals surface area contributed by atoms with Gasteiger partial charge in [0.25, 0.3) is 0 Å². The third kappa shape index (κ3) is 3.79. The van der Waals surface area contributed by atoms with E-state index >= 15 is 0 Å². The number of benzene rings is 1. The monoisotopic (exact) mass is 386 g/mol. The first kappa shape index (κ1) is 18.9. The minimum Gasteiger partial charge on any atom is -0.496 e. The number of aliphatic imine (C=N–C) groups is 1. The summed E-state index contributed by atoms with van der Waals surface area (Å²) in [4.78, 5) is 5.94. The Morgan fingerprint density at radius 1 is 1.38 bits per heavy atom. The first-order valence-electron chi connectivity index (χ1n) is 8.75. The number of methoxy groups -OCH3 is 1. The number of nitrogens with zero attached hydrogens (tertiary/aromatic N) is 2. The van der Waals surface area contributed by atoms with Crippen molar-refractivity contribution < 1.29 is 4.74 Å². The molecule has 0 saturated heterocycles. The number of ether oxygens (including phenoxy) is 1. The van der Waals surface area contributed by atoms with E-state index in [0.717, 1.165) is 35.4 Å². The van der Waals surface area contributed by atoms with E-state index in [9.17, 15) is 5.26 Å². The van der Waals surface area contributed by atoms with Crippen LogP contribution in [-0.4, -0.2) is 13.3 Å². The molecule has 2 aromatic rings. The summed E-state index contributed by atoms with van der Waals surface area (Å²) in [6, 6.07) is 7.80. The summed E-state index contributed by atoms with van der Waals surface area (Å²) in [5, 5.41) is 11.1. The van der Waals surface area contributed by atoms with E-state index in [1.165, 1.54) is 10.4 Å². The fraction of sp³-hybridized carbons (Fsp3) is 0.429. The minimum atomic E-state index is 0.284. The summed E-state index contributed by atoms with van der Waals surface area (Å²) in [5.41, 5.74) is 3.02. The lowest BCUT2D eigenvalue weighted by Gasteiger charge is -2.33. The van der Waals surface area contributed by atoms with Gasteiger partial charge in [0, 0.05) is 21.7 Å². The number of thiophene rings is 1. The molecule has 3 nitrogen and oxygen atoms in total. The van der Waals surface area contributed by atoms with E-state index in [4.69, 9.17) is 16.3 Å². The van der Waals surface area contributed by atoms with Gasteiger partial charge in [-0.05, 0) is 54.4 Å². The van der Waals surface area contributed by atoms with Crippen LogP contribution in [0, 0.1) is 22.7 Å². The molecule has 1 atom stereocenters. The van der Waals surface area contributed by atoms with E-state index in [-0.39, 0.29) is 5.41 Å². The summed E-state index contributed by atoms with van der Waals surface area (Å²) in [5.74, 6) is 1.36. The van der Waals surface area contributed by atoms with Crippen molar-refractivity contribution in [3.63, 3.8) is 0 Å². The van der Waals surface area contributed by atoms with Gasteiger partial charge < -0.3 is 4.74 Å². The quantitative estimate of drug-likeness (QED) is 0.591. The van der Waals surface area contributed by atoms with Crippen LogP contribution in [0.2, 0.25) is 5.02 Å². The van der Waals surface area contributed by atoms with Gasteiger partial charge in [-0.2, -0.15) is 5.26 Å². The molecular weight excluding hydrogens is 364 g/mol. The smallest absolute Gasteiger partial charge is 0.134 e. The van der Waals surface area contributed by atoms with Crippen molar-refractivity contribution in [3.05, 3.63) is 44.8 Å². The summed E-state index contributed by atoms with van der Waals surface area (Å²) >= 11 is 7.74. The molecule has 1 aliphatic carbocycles. The minimum absolute atomic E-state index is 0.284. The maximum atomic E-state index is 9.67. The summed E-state index contributed by atoms with van der Waals surface area (Å²) in [7, 11) is 1.62. The highest BCUT2D eigenvalue weighted by Crippen LogP contribution is 2.44. The predicted molar refractivity (Wildman–Crippen MR) is 109 cm³/mol. The Morgan fingerprint density at radius 2 is 2.15 bits per heavy atom. The Balaban J connectivity index is 1.94. The van der Waals surface area contributed by atoms with Gasteiger partial charge in [-0.3, -0.25) is 0 Å². The zero-order valence-electron chi connectivity index (χ0n) is 15.6. The van der Waals surface area contributed by atoms with E-state index in [1.54, 1.807) is 30.7 Å². The fourth-order valence-electron chi connectivity index (χ4n) is 3.45. The van der Waals surface area contributed by atoms with Crippen molar-refractivity contribution in [2.24, 2.45) is 16.3 Å². The highest BCUT2D eigenvalue weighted by Gasteiger charge is 2.32. The number of halogens is 1. The molecule has 26 heavy (non-hydrogen) atoms. The van der Waals surface area contributed by atoms with Crippen molar-refractivity contribution in [3.8, 4) is 11.8 Å². The molecule has 1 heterocycles. The zero-order chi connectivity index (χ0) is 18.9. The van der Waals surface area contributed by atoms with Gasteiger partial charge in [0.05, 0.1) is 12.7 Å². The summed E-state index contributed by atoms with van der Waals surface area (Å²) in [6.45, 7) is 6.89. The van der Waals surface area contributed by atoms with Gasteiger partial charge in [-0.15, -0.1) is 11.3 Å². The number of hydrogen-bond acceptors (Lipinski definition) is 4. The van der Waals surface area contributed by atoms with Crippen molar-refractivity contribution in [2.75, 3.05) is 7.11 Å². The lowest BCUT2D eigenvalue weighted by Crippen LogP contribution is -2.26. The van der Waals surface area contributed by atoms with E-state index in [0.29, 0.717) is 16.7 Å². The Labute approximate surface area is 164 Å². The van der Waals surface area contributed by atoms with Gasteiger partial charge in [-0.25, -0.2) is 4.99 Å². The topological polar surface area (TPSA) is 45.4 Å². The van der Waals surface area contributed by atoms with Crippen LogP contribution < -0.4 is 4.74 Å². The molecule has 0 radical (unpaired) electrons. The van der Waals surface area contributed by atoms with Gasteiger partial charge in [0.15, 0.2) is 0 Å². The average molecular weight is 387 g/mol. The van der Waals surface area contributed by atoms with Crippen LogP contribution in [0.25, 0.3) is 0 Å². The van der Waals surface area contributed by atoms with Gasteiger partial charge in [-0.1, -0.05) is 32.4 Å². The molecule has 0 fully saturated rings. The number of fused-ring (bicyclic) bond motifs is 1. The second-order valence-corrected chi connectivity index (χ2v) is 9.27. The van der Waals surface area contributed by atoms with Crippen LogP contribution in [-0.2, 0) is 12.8 Å². The summed E-state index contributed by atoms with van der Waals surface area (Å²) < 4.78 is 5.37. The zero-order valence-corrected chi connectivity index (χ0v) is 17.2. The standard InChI is InChI=1S/C21H23ClN2OS/c1-21(2,3)14-5-7-16-17(11-23)20(26-19(16)10-14)24-12-13-9-15(22)6-8-18(13)25-4/h6,8-9,12,14H,5,7,10H2,1-4H3/t14-/m0/s1. The summed E-state index contributed by atoms with van der Waals surface area (Å²) in [6.07, 6.45) is 4.87. The highest BCUT2D eigenvalue weighted by molar-refractivity contribution is 7.16. The molecule has 1 aromatic heterocycles. The second-order valence-electron chi connectivity index (χ2n) is 7.75. The lowest BCUT2D eigenvalue weighted by molar-refractivity contribution is 0.218. The van der Waals surface area contributed by atoms with Crippen LogP contribution in [0.3, 0.4) is 0 Å². The van der Waals surface area contributed by atoms with Crippen molar-refractivity contribution in [2.45, 2.75) is 40.0 Å². The molecule has 0 spiro atoms. The van der Waals surface area contributed by atoms with Crippen molar-refractivity contribution in [1.29, 1.82) is 5.26 Å². The van der Waals surface area contributed by atoms with Crippen LogP contribution in [0.4, 0.5) is 5.00 Å². The van der Waals surface area contributed by atoms with Gasteiger partial charge in [0.1, 0.15) is 16.8 Å². The number of nitriles is 1. The molecule has 5 heteroatoms. The number of rotatable bonds is 3. The molecule has 1 aromatic carbocycles. The van der Waals surface area contributed by atoms with Crippen molar-refractivity contribution >= 4 is 34.2 Å². The molecule has 0 bridgehead atoms. The molecule has 1 aliphatic rings. The van der Waals surface area contributed by atoms with Crippen LogP contribution in [0.1, 0.15) is 48.8 Å². The Hall–Kier alpha value is -1.83. The Kier molecular flexibility index (Phi) is 5.41. The second kappa shape index (κ2) is 7.42. The van der Waals surface area contributed by atoms with Crippen molar-refractivity contribution in [1.82, 2.24) is 0 Å². The molecule has 0 N–H and O–H groups in total. The van der Waals surface area contributed by atoms with E-state index in [1.807, 2.05) is 12.1 Å². The van der Waals surface area contributed by atoms with E-state index < -0.39 is 0 Å². The molecule has 3 rings (SSSR count). The van der Waals surface area contributed by atoms with Gasteiger partial charge in [0.2, 0.25) is 0 Å². The molecule has 136 valence electrons. The molecule has 0 unspecified atom stereocenters. The molecule has 0 saturated carbocycles. The first-order valence-corrected chi connectivity index (χ1v) is 9.95. The highest BCUT2D eigenvalue weighted by atomic mass is 35.5. The lowest BCUT2D eigenvalue weighted by atomic mass is 9.72. The third-order valence-corrected chi connectivity index (χ3v) is 6.49. The SMILES string of the molecule is COc1ccc(Cl)cc1C=Nc1sc2c(c1C#N)CC[C@H](C(C)(C)C)C2. The maximum absolute atomic E-state index is 9.67. The van der Waals surface area contributed by atoms with Crippen LogP contribution >= 0.6 is 22.9 Å².